The van der Waals surface area contributed by atoms with Gasteiger partial charge in [-0.1, -0.05) is 17.7 Å². The number of Topliss-reactive ketones (excluding diaryl/α,β-unsaturated/α-hetero) is 1. The van der Waals surface area contributed by atoms with E-state index in [2.05, 4.69) is 33.5 Å². The van der Waals surface area contributed by atoms with Crippen LogP contribution in [0.1, 0.15) is 83.1 Å². The standard InChI is InChI=1S/C32H50N6O4/c1-23-15-25-19-34-10-5-12-36-21-27-17-24(29(39)7-2-3-8-30(40)38-14-4-9-33)18-28(32(27)42)22-37-13-6-11-35-20-26(16-23)31(25)41/h15-18,34-37,41-42H,2-14,19-22,33H2,1H3,(H,38,40). The van der Waals surface area contributed by atoms with Gasteiger partial charge in [0.05, 0.1) is 0 Å². The van der Waals surface area contributed by atoms with E-state index in [9.17, 15) is 19.8 Å². The van der Waals surface area contributed by atoms with Crippen molar-refractivity contribution >= 4 is 11.7 Å². The van der Waals surface area contributed by atoms with Gasteiger partial charge in [0.25, 0.3) is 0 Å². The minimum Gasteiger partial charge on any atom is -0.507 e. The van der Waals surface area contributed by atoms with E-state index in [0.29, 0.717) is 87.4 Å². The largest absolute Gasteiger partial charge is 0.507 e. The number of phenolic OH excluding ortho intramolecular Hbond substituents is 2. The van der Waals surface area contributed by atoms with E-state index in [-0.39, 0.29) is 17.4 Å². The minimum atomic E-state index is -0.00747. The molecule has 1 amide bonds. The van der Waals surface area contributed by atoms with Crippen molar-refractivity contribution in [3.63, 3.8) is 0 Å². The number of aryl methyl sites for hydroxylation is 1. The smallest absolute Gasteiger partial charge is 0.219 e. The number of benzene rings is 2. The number of hydrogen-bond donors (Lipinski definition) is 8. The van der Waals surface area contributed by atoms with Crippen LogP contribution in [0, 0.1) is 6.92 Å². The molecule has 0 aliphatic carbocycles. The molecule has 0 saturated carbocycles. The van der Waals surface area contributed by atoms with Crippen LogP contribution in [0.2, 0.25) is 0 Å². The van der Waals surface area contributed by atoms with Gasteiger partial charge in [0.15, 0.2) is 5.78 Å². The zero-order valence-corrected chi connectivity index (χ0v) is 25.1. The van der Waals surface area contributed by atoms with Crippen molar-refractivity contribution < 1.29 is 19.8 Å². The van der Waals surface area contributed by atoms with E-state index < -0.39 is 0 Å². The van der Waals surface area contributed by atoms with E-state index in [4.69, 9.17) is 5.73 Å². The maximum atomic E-state index is 13.1. The van der Waals surface area contributed by atoms with Crippen LogP contribution >= 0.6 is 0 Å². The molecular formula is C32H50N6O4. The van der Waals surface area contributed by atoms with Crippen LogP contribution in [0.4, 0.5) is 0 Å². The molecule has 232 valence electrons. The van der Waals surface area contributed by atoms with Crippen LogP contribution in [-0.2, 0) is 31.0 Å². The fourth-order valence-electron chi connectivity index (χ4n) is 5.10. The molecule has 3 rings (SSSR count). The second kappa shape index (κ2) is 18.5. The third kappa shape index (κ3) is 11.3. The molecule has 2 aromatic rings. The highest BCUT2D eigenvalue weighted by atomic mass is 16.3. The Hall–Kier alpha value is -3.02. The topological polar surface area (TPSA) is 161 Å². The molecule has 2 aromatic carbocycles. The number of nitrogens with one attached hydrogen (secondary N) is 5. The molecule has 10 heteroatoms. The molecule has 1 heterocycles. The molecule has 0 atom stereocenters. The number of amides is 1. The third-order valence-electron chi connectivity index (χ3n) is 7.44. The predicted molar refractivity (Wildman–Crippen MR) is 166 cm³/mol. The van der Waals surface area contributed by atoms with Crippen LogP contribution < -0.4 is 32.3 Å². The number of carbonyl (C=O) groups excluding carboxylic acids is 2. The normalized spacial score (nSPS) is 15.6. The number of nitrogens with two attached hydrogens (primary N) is 1. The predicted octanol–water partition coefficient (Wildman–Crippen LogP) is 2.47. The maximum Gasteiger partial charge on any atom is 0.219 e. The van der Waals surface area contributed by atoms with Crippen LogP contribution in [0.15, 0.2) is 24.3 Å². The Kier molecular flexibility index (Phi) is 14.8. The fourth-order valence-corrected chi connectivity index (χ4v) is 5.10. The first-order valence-corrected chi connectivity index (χ1v) is 15.4. The summed E-state index contributed by atoms with van der Waals surface area (Å²) in [6.45, 7) is 8.30. The summed E-state index contributed by atoms with van der Waals surface area (Å²) < 4.78 is 0. The van der Waals surface area contributed by atoms with Crippen molar-refractivity contribution in [1.82, 2.24) is 26.6 Å². The lowest BCUT2D eigenvalue weighted by atomic mass is 9.98. The number of hydrogen-bond acceptors (Lipinski definition) is 9. The van der Waals surface area contributed by atoms with Gasteiger partial charge in [-0.05, 0) is 83.9 Å². The van der Waals surface area contributed by atoms with Crippen molar-refractivity contribution in [2.45, 2.75) is 78.0 Å². The van der Waals surface area contributed by atoms with Gasteiger partial charge in [-0.2, -0.15) is 0 Å². The Morgan fingerprint density at radius 2 is 1.19 bits per heavy atom. The highest BCUT2D eigenvalue weighted by Gasteiger charge is 2.15. The number of fused-ring (bicyclic) bond motifs is 4. The Morgan fingerprint density at radius 1 is 0.738 bits per heavy atom. The summed E-state index contributed by atoms with van der Waals surface area (Å²) >= 11 is 0. The Morgan fingerprint density at radius 3 is 1.67 bits per heavy atom. The lowest BCUT2D eigenvalue weighted by molar-refractivity contribution is -0.121. The number of carbonyl (C=O) groups is 2. The maximum absolute atomic E-state index is 13.1. The van der Waals surface area contributed by atoms with Gasteiger partial charge in [-0.25, -0.2) is 0 Å². The molecule has 42 heavy (non-hydrogen) atoms. The molecule has 0 fully saturated rings. The Labute approximate surface area is 250 Å². The quantitative estimate of drug-likeness (QED) is 0.164. The minimum absolute atomic E-state index is 0.00747. The zero-order chi connectivity index (χ0) is 30.2. The molecule has 0 saturated heterocycles. The van der Waals surface area contributed by atoms with Crippen molar-refractivity contribution in [3.8, 4) is 11.5 Å². The van der Waals surface area contributed by atoms with E-state index in [1.165, 1.54) is 0 Å². The molecule has 1 aliphatic heterocycles. The number of aromatic hydroxyl groups is 2. The van der Waals surface area contributed by atoms with Gasteiger partial charge in [0.1, 0.15) is 11.5 Å². The SMILES string of the molecule is Cc1cc2c(O)c(c1)CNCCCNCc1cc(C(=O)CCCCC(=O)NCCCN)cc(c1O)CNCCCNC2. The highest BCUT2D eigenvalue weighted by Crippen LogP contribution is 2.27. The summed E-state index contributed by atoms with van der Waals surface area (Å²) in [5, 5.41) is 38.2. The van der Waals surface area contributed by atoms with Crippen LogP contribution in [0.25, 0.3) is 0 Å². The summed E-state index contributed by atoms with van der Waals surface area (Å²) in [5.74, 6) is 0.586. The molecule has 1 aliphatic rings. The first-order chi connectivity index (χ1) is 20.4. The van der Waals surface area contributed by atoms with Crippen molar-refractivity contribution in [2.75, 3.05) is 39.3 Å². The second-order valence-corrected chi connectivity index (χ2v) is 11.1. The number of ketones is 1. The molecular weight excluding hydrogens is 532 g/mol. The van der Waals surface area contributed by atoms with Crippen LogP contribution in [0.5, 0.6) is 11.5 Å². The number of unbranched alkanes of at least 4 members (excludes halogenated alkanes) is 1. The fraction of sp³-hybridized carbons (Fsp3) is 0.562. The lowest BCUT2D eigenvalue weighted by Crippen LogP contribution is -2.25. The molecule has 0 spiro atoms. The Balaban J connectivity index is 1.60. The average Bonchev–Trinajstić information content (AvgIpc) is 2.97. The van der Waals surface area contributed by atoms with Gasteiger partial charge < -0.3 is 42.5 Å². The van der Waals surface area contributed by atoms with E-state index in [1.54, 1.807) is 12.1 Å². The summed E-state index contributed by atoms with van der Waals surface area (Å²) in [6, 6.07) is 7.63. The molecule has 0 radical (unpaired) electrons. The van der Waals surface area contributed by atoms with Gasteiger partial charge >= 0.3 is 0 Å². The van der Waals surface area contributed by atoms with Crippen molar-refractivity contribution in [2.24, 2.45) is 5.73 Å². The van der Waals surface area contributed by atoms with Crippen molar-refractivity contribution in [3.05, 3.63) is 57.6 Å². The first kappa shape index (κ1) is 33.5. The van der Waals surface area contributed by atoms with Crippen LogP contribution in [-0.4, -0.2) is 61.2 Å². The highest BCUT2D eigenvalue weighted by molar-refractivity contribution is 5.96. The van der Waals surface area contributed by atoms with Gasteiger partial charge in [0, 0.05) is 73.4 Å². The van der Waals surface area contributed by atoms with Gasteiger partial charge in [-0.15, -0.1) is 0 Å². The molecule has 0 aromatic heterocycles. The molecule has 0 unspecified atom stereocenters. The monoisotopic (exact) mass is 582 g/mol. The average molecular weight is 583 g/mol. The van der Waals surface area contributed by atoms with E-state index in [0.717, 1.165) is 62.1 Å². The summed E-state index contributed by atoms with van der Waals surface area (Å²) in [5.41, 5.74) is 10.4. The van der Waals surface area contributed by atoms with Gasteiger partial charge in [-0.3, -0.25) is 9.59 Å². The molecule has 10 nitrogen and oxygen atoms in total. The van der Waals surface area contributed by atoms with Crippen LogP contribution in [0.3, 0.4) is 0 Å². The lowest BCUT2D eigenvalue weighted by Gasteiger charge is -2.16. The summed E-state index contributed by atoms with van der Waals surface area (Å²) in [6.07, 6.45) is 4.53. The first-order valence-electron chi connectivity index (χ1n) is 15.4. The molecule has 4 bridgehead atoms. The van der Waals surface area contributed by atoms with E-state index in [1.807, 2.05) is 12.1 Å². The zero-order valence-electron chi connectivity index (χ0n) is 25.1. The number of phenols is 2. The van der Waals surface area contributed by atoms with E-state index >= 15 is 0 Å². The van der Waals surface area contributed by atoms with Gasteiger partial charge in [0.2, 0.25) is 5.91 Å². The second-order valence-electron chi connectivity index (χ2n) is 11.1. The Bertz CT molecular complexity index is 1100. The third-order valence-corrected chi connectivity index (χ3v) is 7.44. The summed E-state index contributed by atoms with van der Waals surface area (Å²) in [4.78, 5) is 25.0. The molecule has 9 N–H and O–H groups in total. The summed E-state index contributed by atoms with van der Waals surface area (Å²) in [7, 11) is 0. The number of rotatable bonds is 9. The van der Waals surface area contributed by atoms with Crippen molar-refractivity contribution in [1.29, 1.82) is 0 Å².